The number of hydrogen-bond donors (Lipinski definition) is 1. The summed E-state index contributed by atoms with van der Waals surface area (Å²) in [6.45, 7) is 3.73. The Balaban J connectivity index is 1.87. The Bertz CT molecular complexity index is 927. The number of unbranched alkanes of at least 4 members (excludes halogenated alkanes) is 1. The first kappa shape index (κ1) is 25.3. The predicted octanol–water partition coefficient (Wildman–Crippen LogP) is 5.55. The van der Waals surface area contributed by atoms with Gasteiger partial charge in [-0.1, -0.05) is 0 Å². The Morgan fingerprint density at radius 3 is 1.90 bits per heavy atom. The van der Waals surface area contributed by atoms with Gasteiger partial charge in [-0.3, -0.25) is 4.18 Å². The standard InChI is InChI=1S/C20H23F3O6S2/c1-19(2,29-30)26-13-3-4-14-31(24,25)18-11-9-16(10-12-18)27-15-5-7-17(8-6-15)28-20(21,22)23/h5-12,30H,3-4,13-14H2,1-2H3. The normalized spacial score (nSPS) is 12.6. The smallest absolute Gasteiger partial charge is 0.457 e. The summed E-state index contributed by atoms with van der Waals surface area (Å²) in [6, 6.07) is 10.6. The second-order valence-electron chi connectivity index (χ2n) is 6.96. The van der Waals surface area contributed by atoms with Gasteiger partial charge in [-0.05, 0) is 88.1 Å². The maximum Gasteiger partial charge on any atom is 0.573 e. The van der Waals surface area contributed by atoms with E-state index in [4.69, 9.17) is 13.7 Å². The molecule has 0 saturated carbocycles. The Kier molecular flexibility index (Phi) is 8.64. The van der Waals surface area contributed by atoms with Crippen LogP contribution < -0.4 is 9.47 Å². The van der Waals surface area contributed by atoms with E-state index in [9.17, 15) is 21.6 Å². The summed E-state index contributed by atoms with van der Waals surface area (Å²) >= 11 is 3.70. The monoisotopic (exact) mass is 480 g/mol. The summed E-state index contributed by atoms with van der Waals surface area (Å²) in [5.41, 5.74) is 0. The molecule has 0 amide bonds. The quantitative estimate of drug-likeness (QED) is 0.197. The lowest BCUT2D eigenvalue weighted by atomic mass is 10.3. The Morgan fingerprint density at radius 1 is 0.871 bits per heavy atom. The van der Waals surface area contributed by atoms with Crippen LogP contribution in [0, 0.1) is 0 Å². The molecule has 0 spiro atoms. The highest BCUT2D eigenvalue weighted by atomic mass is 32.2. The van der Waals surface area contributed by atoms with Gasteiger partial charge >= 0.3 is 6.36 Å². The molecule has 0 atom stereocenters. The summed E-state index contributed by atoms with van der Waals surface area (Å²) in [5, 5.41) is 0. The molecule has 0 saturated heterocycles. The topological polar surface area (TPSA) is 71.1 Å². The molecule has 0 N–H and O–H groups in total. The average molecular weight is 481 g/mol. The van der Waals surface area contributed by atoms with Gasteiger partial charge in [0.2, 0.25) is 0 Å². The van der Waals surface area contributed by atoms with Crippen molar-refractivity contribution in [3.8, 4) is 17.2 Å². The fourth-order valence-corrected chi connectivity index (χ4v) is 3.84. The van der Waals surface area contributed by atoms with E-state index in [1.807, 2.05) is 0 Å². The fraction of sp³-hybridized carbons (Fsp3) is 0.400. The van der Waals surface area contributed by atoms with Crippen LogP contribution in [0.1, 0.15) is 26.7 Å². The first-order valence-corrected chi connectivity index (χ1v) is 11.2. The molecular weight excluding hydrogens is 457 g/mol. The van der Waals surface area contributed by atoms with Gasteiger partial charge in [0.15, 0.2) is 15.6 Å². The molecule has 0 aliphatic carbocycles. The van der Waals surface area contributed by atoms with Gasteiger partial charge in [-0.25, -0.2) is 8.42 Å². The van der Waals surface area contributed by atoms with Gasteiger partial charge in [0.25, 0.3) is 0 Å². The van der Waals surface area contributed by atoms with Crippen LogP contribution in [0.5, 0.6) is 17.2 Å². The molecule has 0 unspecified atom stereocenters. The highest BCUT2D eigenvalue weighted by molar-refractivity contribution is 7.91. The number of alkyl halides is 3. The molecule has 0 aliphatic heterocycles. The zero-order valence-electron chi connectivity index (χ0n) is 16.9. The number of benzene rings is 2. The molecular formula is C20H23F3O6S2. The molecule has 11 heteroatoms. The lowest BCUT2D eigenvalue weighted by Crippen LogP contribution is -2.25. The van der Waals surface area contributed by atoms with E-state index in [0.717, 1.165) is 12.1 Å². The number of ether oxygens (including phenoxy) is 3. The SMILES string of the molecule is CC(C)(OS)OCCCCS(=O)(=O)c1ccc(Oc2ccc(OC(F)(F)F)cc2)cc1. The van der Waals surface area contributed by atoms with E-state index in [1.165, 1.54) is 36.4 Å². The van der Waals surface area contributed by atoms with E-state index in [-0.39, 0.29) is 22.1 Å². The van der Waals surface area contributed by atoms with Gasteiger partial charge < -0.3 is 14.2 Å². The molecule has 0 heterocycles. The molecule has 0 aromatic heterocycles. The number of sulfone groups is 1. The second kappa shape index (κ2) is 10.6. The van der Waals surface area contributed by atoms with E-state index in [0.29, 0.717) is 25.2 Å². The summed E-state index contributed by atoms with van der Waals surface area (Å²) < 4.78 is 81.0. The molecule has 0 radical (unpaired) electrons. The molecule has 0 fully saturated rings. The van der Waals surface area contributed by atoms with Gasteiger partial charge in [0.1, 0.15) is 17.2 Å². The van der Waals surface area contributed by atoms with E-state index < -0.39 is 22.0 Å². The number of halogens is 3. The minimum Gasteiger partial charge on any atom is -0.457 e. The van der Waals surface area contributed by atoms with Crippen LogP contribution >= 0.6 is 12.9 Å². The zero-order chi connectivity index (χ0) is 23.1. The zero-order valence-corrected chi connectivity index (χ0v) is 18.6. The van der Waals surface area contributed by atoms with Crippen molar-refractivity contribution in [1.82, 2.24) is 0 Å². The molecule has 0 bridgehead atoms. The van der Waals surface area contributed by atoms with Gasteiger partial charge in [-0.15, -0.1) is 13.2 Å². The van der Waals surface area contributed by atoms with Crippen molar-refractivity contribution in [2.45, 2.75) is 43.7 Å². The molecule has 2 aromatic carbocycles. The van der Waals surface area contributed by atoms with Gasteiger partial charge in [0, 0.05) is 0 Å². The van der Waals surface area contributed by atoms with Crippen LogP contribution in [0.25, 0.3) is 0 Å². The fourth-order valence-electron chi connectivity index (χ4n) is 2.42. The largest absolute Gasteiger partial charge is 0.573 e. The van der Waals surface area contributed by atoms with E-state index >= 15 is 0 Å². The number of thiol groups is 1. The van der Waals surface area contributed by atoms with E-state index in [2.05, 4.69) is 17.6 Å². The van der Waals surface area contributed by atoms with Crippen molar-refractivity contribution in [2.24, 2.45) is 0 Å². The van der Waals surface area contributed by atoms with Crippen molar-refractivity contribution >= 4 is 22.7 Å². The first-order valence-electron chi connectivity index (χ1n) is 9.23. The Hall–Kier alpha value is -1.95. The highest BCUT2D eigenvalue weighted by Crippen LogP contribution is 2.28. The molecule has 31 heavy (non-hydrogen) atoms. The molecule has 2 aromatic rings. The minimum absolute atomic E-state index is 0.0423. The van der Waals surface area contributed by atoms with Crippen LogP contribution in [-0.4, -0.2) is 32.9 Å². The summed E-state index contributed by atoms with van der Waals surface area (Å²) in [5.74, 6) is -0.638. The number of hydrogen-bond acceptors (Lipinski definition) is 7. The molecule has 172 valence electrons. The van der Waals surface area contributed by atoms with Crippen molar-refractivity contribution in [1.29, 1.82) is 0 Å². The Labute approximate surface area is 184 Å². The number of rotatable bonds is 11. The van der Waals surface area contributed by atoms with E-state index in [1.54, 1.807) is 13.8 Å². The first-order chi connectivity index (χ1) is 14.4. The molecule has 2 rings (SSSR count). The van der Waals surface area contributed by atoms with Crippen LogP contribution in [0.4, 0.5) is 13.2 Å². The van der Waals surface area contributed by atoms with Crippen molar-refractivity contribution in [2.75, 3.05) is 12.4 Å². The highest BCUT2D eigenvalue weighted by Gasteiger charge is 2.31. The lowest BCUT2D eigenvalue weighted by molar-refractivity contribution is -0.274. The minimum atomic E-state index is -4.77. The predicted molar refractivity (Wildman–Crippen MR) is 111 cm³/mol. The maximum atomic E-state index is 12.4. The second-order valence-corrected chi connectivity index (χ2v) is 9.25. The lowest BCUT2D eigenvalue weighted by Gasteiger charge is -2.21. The van der Waals surface area contributed by atoms with Crippen LogP contribution in [0.3, 0.4) is 0 Å². The summed E-state index contributed by atoms with van der Waals surface area (Å²) in [7, 11) is -3.47. The van der Waals surface area contributed by atoms with Crippen LogP contribution in [-0.2, 0) is 18.8 Å². The van der Waals surface area contributed by atoms with Crippen LogP contribution in [0.2, 0.25) is 0 Å². The third-order valence-corrected chi connectivity index (χ3v) is 6.21. The van der Waals surface area contributed by atoms with Crippen molar-refractivity contribution in [3.05, 3.63) is 48.5 Å². The Morgan fingerprint density at radius 2 is 1.39 bits per heavy atom. The average Bonchev–Trinajstić information content (AvgIpc) is 2.68. The third-order valence-electron chi connectivity index (χ3n) is 3.95. The third kappa shape index (κ3) is 8.98. The molecule has 0 aliphatic rings. The van der Waals surface area contributed by atoms with Crippen LogP contribution in [0.15, 0.2) is 53.4 Å². The van der Waals surface area contributed by atoms with Crippen molar-refractivity contribution in [3.63, 3.8) is 0 Å². The maximum absolute atomic E-state index is 12.4. The van der Waals surface area contributed by atoms with Gasteiger partial charge in [-0.2, -0.15) is 0 Å². The summed E-state index contributed by atoms with van der Waals surface area (Å²) in [6.07, 6.45) is -3.82. The molecule has 6 nitrogen and oxygen atoms in total. The van der Waals surface area contributed by atoms with Gasteiger partial charge in [0.05, 0.1) is 17.3 Å². The summed E-state index contributed by atoms with van der Waals surface area (Å²) in [4.78, 5) is 0.147. The van der Waals surface area contributed by atoms with Crippen molar-refractivity contribution < 1.29 is 40.0 Å².